The Morgan fingerprint density at radius 3 is 2.65 bits per heavy atom. The molecule has 104 valence electrons. The SMILES string of the molecule is CC(=O)Nc1cccc(C(C)Nc2ccc(C)nc2)c1. The lowest BCUT2D eigenvalue weighted by Gasteiger charge is -2.16. The molecule has 0 aliphatic heterocycles. The van der Waals surface area contributed by atoms with Crippen molar-refractivity contribution in [3.63, 3.8) is 0 Å². The van der Waals surface area contributed by atoms with Crippen LogP contribution in [0.25, 0.3) is 0 Å². The third-order valence-electron chi connectivity index (χ3n) is 3.00. The summed E-state index contributed by atoms with van der Waals surface area (Å²) in [4.78, 5) is 15.3. The molecule has 2 aromatic rings. The maximum Gasteiger partial charge on any atom is 0.221 e. The molecular formula is C16H19N3O. The Labute approximate surface area is 119 Å². The normalized spacial score (nSPS) is 11.8. The second-order valence-electron chi connectivity index (χ2n) is 4.86. The summed E-state index contributed by atoms with van der Waals surface area (Å²) < 4.78 is 0. The molecule has 1 aromatic heterocycles. The number of hydrogen-bond donors (Lipinski definition) is 2. The summed E-state index contributed by atoms with van der Waals surface area (Å²) in [6.45, 7) is 5.54. The first-order chi connectivity index (χ1) is 9.54. The quantitative estimate of drug-likeness (QED) is 0.893. The molecule has 2 N–H and O–H groups in total. The molecule has 4 nitrogen and oxygen atoms in total. The van der Waals surface area contributed by atoms with Crippen LogP contribution in [0.3, 0.4) is 0 Å². The number of aryl methyl sites for hydroxylation is 1. The highest BCUT2D eigenvalue weighted by Crippen LogP contribution is 2.21. The van der Waals surface area contributed by atoms with Crippen LogP contribution in [-0.2, 0) is 4.79 Å². The van der Waals surface area contributed by atoms with Crippen LogP contribution in [0, 0.1) is 6.92 Å². The van der Waals surface area contributed by atoms with Crippen molar-refractivity contribution in [1.82, 2.24) is 4.98 Å². The molecule has 0 aliphatic rings. The summed E-state index contributed by atoms with van der Waals surface area (Å²) >= 11 is 0. The van der Waals surface area contributed by atoms with Crippen molar-refractivity contribution in [2.45, 2.75) is 26.8 Å². The average Bonchev–Trinajstić information content (AvgIpc) is 2.41. The molecule has 0 radical (unpaired) electrons. The van der Waals surface area contributed by atoms with E-state index in [0.29, 0.717) is 0 Å². The van der Waals surface area contributed by atoms with Crippen LogP contribution in [0.1, 0.15) is 31.1 Å². The molecule has 2 rings (SSSR count). The van der Waals surface area contributed by atoms with Gasteiger partial charge < -0.3 is 10.6 Å². The van der Waals surface area contributed by atoms with Gasteiger partial charge in [-0.05, 0) is 43.7 Å². The van der Waals surface area contributed by atoms with Crippen molar-refractivity contribution < 1.29 is 4.79 Å². The highest BCUT2D eigenvalue weighted by Gasteiger charge is 2.06. The Morgan fingerprint density at radius 1 is 1.20 bits per heavy atom. The summed E-state index contributed by atoms with van der Waals surface area (Å²) in [5, 5.41) is 6.18. The van der Waals surface area contributed by atoms with Gasteiger partial charge in [-0.25, -0.2) is 0 Å². The summed E-state index contributed by atoms with van der Waals surface area (Å²) in [6, 6.07) is 11.9. The van der Waals surface area contributed by atoms with E-state index in [1.165, 1.54) is 6.92 Å². The van der Waals surface area contributed by atoms with Crippen molar-refractivity contribution in [1.29, 1.82) is 0 Å². The number of aromatic nitrogens is 1. The first-order valence-electron chi connectivity index (χ1n) is 6.61. The monoisotopic (exact) mass is 269 g/mol. The third-order valence-corrected chi connectivity index (χ3v) is 3.00. The van der Waals surface area contributed by atoms with E-state index in [4.69, 9.17) is 0 Å². The lowest BCUT2D eigenvalue weighted by atomic mass is 10.1. The molecule has 1 unspecified atom stereocenters. The first-order valence-corrected chi connectivity index (χ1v) is 6.61. The molecule has 0 spiro atoms. The number of carbonyl (C=O) groups is 1. The van der Waals surface area contributed by atoms with Gasteiger partial charge >= 0.3 is 0 Å². The molecule has 20 heavy (non-hydrogen) atoms. The van der Waals surface area contributed by atoms with E-state index < -0.39 is 0 Å². The van der Waals surface area contributed by atoms with E-state index >= 15 is 0 Å². The van der Waals surface area contributed by atoms with Gasteiger partial charge in [-0.15, -0.1) is 0 Å². The smallest absolute Gasteiger partial charge is 0.221 e. The fourth-order valence-corrected chi connectivity index (χ4v) is 1.98. The lowest BCUT2D eigenvalue weighted by molar-refractivity contribution is -0.114. The van der Waals surface area contributed by atoms with E-state index in [1.54, 1.807) is 0 Å². The Balaban J connectivity index is 2.10. The predicted octanol–water partition coefficient (Wildman–Crippen LogP) is 3.52. The van der Waals surface area contributed by atoms with Gasteiger partial charge in [0.2, 0.25) is 5.91 Å². The molecule has 4 heteroatoms. The van der Waals surface area contributed by atoms with Crippen LogP contribution < -0.4 is 10.6 Å². The molecule has 0 saturated heterocycles. The first kappa shape index (κ1) is 14.1. The lowest BCUT2D eigenvalue weighted by Crippen LogP contribution is -2.09. The number of hydrogen-bond acceptors (Lipinski definition) is 3. The largest absolute Gasteiger partial charge is 0.377 e. The van der Waals surface area contributed by atoms with E-state index in [2.05, 4.69) is 22.5 Å². The fraction of sp³-hybridized carbons (Fsp3) is 0.250. The molecular weight excluding hydrogens is 250 g/mol. The van der Waals surface area contributed by atoms with Gasteiger partial charge in [0.05, 0.1) is 11.9 Å². The number of anilines is 2. The maximum absolute atomic E-state index is 11.1. The topological polar surface area (TPSA) is 54.0 Å². The van der Waals surface area contributed by atoms with E-state index in [9.17, 15) is 4.79 Å². The molecule has 1 aromatic carbocycles. The molecule has 0 saturated carbocycles. The standard InChI is InChI=1S/C16H19N3O/c1-11-7-8-16(10-17-11)18-12(2)14-5-4-6-15(9-14)19-13(3)20/h4-10,12,18H,1-3H3,(H,19,20). The number of pyridine rings is 1. The minimum Gasteiger partial charge on any atom is -0.377 e. The van der Waals surface area contributed by atoms with Crippen LogP contribution in [0.5, 0.6) is 0 Å². The van der Waals surface area contributed by atoms with E-state index in [-0.39, 0.29) is 11.9 Å². The number of nitrogens with zero attached hydrogens (tertiary/aromatic N) is 1. The molecule has 0 bridgehead atoms. The zero-order valence-electron chi connectivity index (χ0n) is 12.0. The zero-order valence-corrected chi connectivity index (χ0v) is 12.0. The average molecular weight is 269 g/mol. The zero-order chi connectivity index (χ0) is 14.5. The van der Waals surface area contributed by atoms with E-state index in [1.807, 2.05) is 49.5 Å². The van der Waals surface area contributed by atoms with Gasteiger partial charge in [0, 0.05) is 24.3 Å². The van der Waals surface area contributed by atoms with Crippen LogP contribution in [0.4, 0.5) is 11.4 Å². The van der Waals surface area contributed by atoms with Crippen LogP contribution >= 0.6 is 0 Å². The number of nitrogens with one attached hydrogen (secondary N) is 2. The highest BCUT2D eigenvalue weighted by molar-refractivity contribution is 5.88. The van der Waals surface area contributed by atoms with Crippen molar-refractivity contribution in [3.05, 3.63) is 53.9 Å². The number of benzene rings is 1. The van der Waals surface area contributed by atoms with Gasteiger partial charge in [0.1, 0.15) is 0 Å². The predicted molar refractivity (Wildman–Crippen MR) is 81.8 cm³/mol. The fourth-order valence-electron chi connectivity index (χ4n) is 1.98. The molecule has 1 atom stereocenters. The van der Waals surface area contributed by atoms with Crippen molar-refractivity contribution in [2.75, 3.05) is 10.6 Å². The number of carbonyl (C=O) groups excluding carboxylic acids is 1. The van der Waals surface area contributed by atoms with Gasteiger partial charge in [-0.2, -0.15) is 0 Å². The second-order valence-corrected chi connectivity index (χ2v) is 4.86. The minimum absolute atomic E-state index is 0.0644. The summed E-state index contributed by atoms with van der Waals surface area (Å²) in [6.07, 6.45) is 1.82. The Morgan fingerprint density at radius 2 is 2.00 bits per heavy atom. The molecule has 1 amide bonds. The summed E-state index contributed by atoms with van der Waals surface area (Å²) in [7, 11) is 0. The van der Waals surface area contributed by atoms with E-state index in [0.717, 1.165) is 22.6 Å². The van der Waals surface area contributed by atoms with Gasteiger partial charge in [0.25, 0.3) is 0 Å². The van der Waals surface area contributed by atoms with Crippen LogP contribution in [0.15, 0.2) is 42.6 Å². The van der Waals surface area contributed by atoms with Gasteiger partial charge in [0.15, 0.2) is 0 Å². The number of amides is 1. The number of rotatable bonds is 4. The van der Waals surface area contributed by atoms with Gasteiger partial charge in [-0.3, -0.25) is 9.78 Å². The van der Waals surface area contributed by atoms with Crippen molar-refractivity contribution >= 4 is 17.3 Å². The second kappa shape index (κ2) is 6.19. The van der Waals surface area contributed by atoms with Gasteiger partial charge in [-0.1, -0.05) is 12.1 Å². The molecule has 0 aliphatic carbocycles. The Hall–Kier alpha value is -2.36. The molecule has 0 fully saturated rings. The summed E-state index contributed by atoms with van der Waals surface area (Å²) in [5.41, 5.74) is 3.89. The highest BCUT2D eigenvalue weighted by atomic mass is 16.1. The van der Waals surface area contributed by atoms with Crippen molar-refractivity contribution in [2.24, 2.45) is 0 Å². The minimum atomic E-state index is -0.0644. The Kier molecular flexibility index (Phi) is 4.35. The third kappa shape index (κ3) is 3.82. The maximum atomic E-state index is 11.1. The van der Waals surface area contributed by atoms with Crippen molar-refractivity contribution in [3.8, 4) is 0 Å². The van der Waals surface area contributed by atoms with Crippen LogP contribution in [-0.4, -0.2) is 10.9 Å². The Bertz CT molecular complexity index is 593. The molecule has 1 heterocycles. The summed E-state index contributed by atoms with van der Waals surface area (Å²) in [5.74, 6) is -0.0644. The van der Waals surface area contributed by atoms with Crippen LogP contribution in [0.2, 0.25) is 0 Å².